The first-order valence-corrected chi connectivity index (χ1v) is 7.21. The molecule has 0 aromatic carbocycles. The van der Waals surface area contributed by atoms with E-state index in [1.807, 2.05) is 0 Å². The third kappa shape index (κ3) is 3.59. The fourth-order valence-electron chi connectivity index (χ4n) is 1.79. The molecule has 4 heteroatoms. The molecular weight excluding hydrogens is 266 g/mol. The summed E-state index contributed by atoms with van der Waals surface area (Å²) in [5, 5.41) is 5.60. The van der Waals surface area contributed by atoms with Crippen molar-refractivity contribution in [3.05, 3.63) is 17.5 Å². The van der Waals surface area contributed by atoms with E-state index >= 15 is 0 Å². The summed E-state index contributed by atoms with van der Waals surface area (Å²) in [5.41, 5.74) is 2.54. The van der Waals surface area contributed by atoms with Gasteiger partial charge < -0.3 is 0 Å². The summed E-state index contributed by atoms with van der Waals surface area (Å²) < 4.78 is 2.12. The van der Waals surface area contributed by atoms with Gasteiger partial charge in [0.1, 0.15) is 0 Å². The molecule has 0 N–H and O–H groups in total. The van der Waals surface area contributed by atoms with Gasteiger partial charge in [0.25, 0.3) is 0 Å². The molecule has 0 saturated carbocycles. The van der Waals surface area contributed by atoms with Crippen LogP contribution in [0.3, 0.4) is 0 Å². The summed E-state index contributed by atoms with van der Waals surface area (Å²) in [6.45, 7) is 10.6. The Labute approximate surface area is 107 Å². The van der Waals surface area contributed by atoms with Crippen molar-refractivity contribution in [1.82, 2.24) is 14.7 Å². The summed E-state index contributed by atoms with van der Waals surface area (Å²) in [5.74, 6) is 0. The predicted octanol–water partition coefficient (Wildman–Crippen LogP) is 2.68. The summed E-state index contributed by atoms with van der Waals surface area (Å²) in [6, 6.07) is 2.24. The molecule has 16 heavy (non-hydrogen) atoms. The van der Waals surface area contributed by atoms with Gasteiger partial charge in [-0.25, -0.2) is 0 Å². The lowest BCUT2D eigenvalue weighted by atomic mass is 10.3. The van der Waals surface area contributed by atoms with E-state index in [1.165, 1.54) is 11.4 Å². The second-order valence-electron chi connectivity index (χ2n) is 3.85. The van der Waals surface area contributed by atoms with Crippen LogP contribution in [0.4, 0.5) is 0 Å². The second kappa shape index (κ2) is 7.07. The van der Waals surface area contributed by atoms with Crippen molar-refractivity contribution in [2.24, 2.45) is 0 Å². The molecule has 0 unspecified atom stereocenters. The largest absolute Gasteiger partial charge is 0.297 e. The molecule has 0 saturated heterocycles. The monoisotopic (exact) mass is 287 g/mol. The zero-order valence-electron chi connectivity index (χ0n) is 10.5. The average Bonchev–Trinajstić information content (AvgIpc) is 2.70. The highest BCUT2D eigenvalue weighted by Gasteiger charge is 2.09. The van der Waals surface area contributed by atoms with E-state index < -0.39 is 0 Å². The molecule has 3 nitrogen and oxygen atoms in total. The van der Waals surface area contributed by atoms with Gasteiger partial charge >= 0.3 is 0 Å². The highest BCUT2D eigenvalue weighted by Crippen LogP contribution is 2.09. The maximum Gasteiger partial charge on any atom is 0.0625 e. The molecular formula is C12H22BrN3. The van der Waals surface area contributed by atoms with Gasteiger partial charge in [0.2, 0.25) is 0 Å². The Balaban J connectivity index is 2.73. The number of aryl methyl sites for hydroxylation is 2. The Hall–Kier alpha value is -0.350. The van der Waals surface area contributed by atoms with E-state index in [9.17, 15) is 0 Å². The van der Waals surface area contributed by atoms with Crippen molar-refractivity contribution in [2.75, 3.05) is 18.4 Å². The number of hydrogen-bond acceptors (Lipinski definition) is 2. The Morgan fingerprint density at radius 1 is 1.38 bits per heavy atom. The fourth-order valence-corrected chi connectivity index (χ4v) is 2.29. The molecule has 1 rings (SSSR count). The summed E-state index contributed by atoms with van der Waals surface area (Å²) in [4.78, 5) is 2.43. The van der Waals surface area contributed by atoms with Crippen LogP contribution in [0.25, 0.3) is 0 Å². The SMILES string of the molecule is CCc1cc(CN(CC)CCBr)n(CC)n1. The maximum absolute atomic E-state index is 4.57. The molecule has 92 valence electrons. The Kier molecular flexibility index (Phi) is 6.06. The number of alkyl halides is 1. The molecule has 0 radical (unpaired) electrons. The van der Waals surface area contributed by atoms with E-state index in [-0.39, 0.29) is 0 Å². The van der Waals surface area contributed by atoms with Crippen LogP contribution in [0.2, 0.25) is 0 Å². The minimum absolute atomic E-state index is 0.960. The smallest absolute Gasteiger partial charge is 0.0625 e. The van der Waals surface area contributed by atoms with Gasteiger partial charge in [-0.1, -0.05) is 29.8 Å². The molecule has 0 atom stereocenters. The highest BCUT2D eigenvalue weighted by atomic mass is 79.9. The van der Waals surface area contributed by atoms with Gasteiger partial charge in [-0.15, -0.1) is 0 Å². The maximum atomic E-state index is 4.57. The van der Waals surface area contributed by atoms with Crippen LogP contribution >= 0.6 is 15.9 Å². The first-order chi connectivity index (χ1) is 7.74. The van der Waals surface area contributed by atoms with Crippen LogP contribution in [0.1, 0.15) is 32.2 Å². The van der Waals surface area contributed by atoms with Gasteiger partial charge in [-0.3, -0.25) is 9.58 Å². The lowest BCUT2D eigenvalue weighted by Crippen LogP contribution is -2.26. The Bertz CT molecular complexity index is 309. The zero-order valence-corrected chi connectivity index (χ0v) is 12.1. The van der Waals surface area contributed by atoms with Crippen molar-refractivity contribution in [3.8, 4) is 0 Å². The molecule has 0 bridgehead atoms. The lowest BCUT2D eigenvalue weighted by molar-refractivity contribution is 0.289. The van der Waals surface area contributed by atoms with Crippen molar-refractivity contribution in [2.45, 2.75) is 40.3 Å². The summed E-state index contributed by atoms with van der Waals surface area (Å²) >= 11 is 3.49. The van der Waals surface area contributed by atoms with E-state index in [1.54, 1.807) is 0 Å². The van der Waals surface area contributed by atoms with E-state index in [4.69, 9.17) is 0 Å². The van der Waals surface area contributed by atoms with E-state index in [2.05, 4.69) is 57.4 Å². The number of hydrogen-bond donors (Lipinski definition) is 0. The lowest BCUT2D eigenvalue weighted by Gasteiger charge is -2.19. The first-order valence-electron chi connectivity index (χ1n) is 6.09. The number of halogens is 1. The number of rotatable bonds is 7. The average molecular weight is 288 g/mol. The second-order valence-corrected chi connectivity index (χ2v) is 4.65. The van der Waals surface area contributed by atoms with Crippen LogP contribution < -0.4 is 0 Å². The quantitative estimate of drug-likeness (QED) is 0.719. The van der Waals surface area contributed by atoms with E-state index in [0.29, 0.717) is 0 Å². The van der Waals surface area contributed by atoms with E-state index in [0.717, 1.165) is 37.9 Å². The number of nitrogens with zero attached hydrogens (tertiary/aromatic N) is 3. The molecule has 0 fully saturated rings. The van der Waals surface area contributed by atoms with Crippen molar-refractivity contribution < 1.29 is 0 Å². The van der Waals surface area contributed by atoms with Gasteiger partial charge in [-0.05, 0) is 26.0 Å². The molecule has 1 heterocycles. The summed E-state index contributed by atoms with van der Waals surface area (Å²) in [7, 11) is 0. The Morgan fingerprint density at radius 2 is 2.12 bits per heavy atom. The van der Waals surface area contributed by atoms with Crippen LogP contribution in [0.5, 0.6) is 0 Å². The predicted molar refractivity (Wildman–Crippen MR) is 72.0 cm³/mol. The van der Waals surface area contributed by atoms with Crippen LogP contribution in [-0.2, 0) is 19.5 Å². The van der Waals surface area contributed by atoms with Gasteiger partial charge in [0.05, 0.1) is 11.4 Å². The van der Waals surface area contributed by atoms with Gasteiger partial charge in [0, 0.05) is 25.0 Å². The standard InChI is InChI=1S/C12H22BrN3/c1-4-11-9-12(16(6-3)14-11)10-15(5-2)8-7-13/h9H,4-8,10H2,1-3H3. The number of aromatic nitrogens is 2. The third-order valence-corrected chi connectivity index (χ3v) is 3.16. The minimum Gasteiger partial charge on any atom is -0.297 e. The molecule has 0 aliphatic carbocycles. The normalized spacial score (nSPS) is 11.3. The first kappa shape index (κ1) is 13.7. The van der Waals surface area contributed by atoms with Crippen LogP contribution in [0.15, 0.2) is 6.07 Å². The van der Waals surface area contributed by atoms with Crippen molar-refractivity contribution in [1.29, 1.82) is 0 Å². The highest BCUT2D eigenvalue weighted by molar-refractivity contribution is 9.09. The van der Waals surface area contributed by atoms with Gasteiger partial charge in [0.15, 0.2) is 0 Å². The third-order valence-electron chi connectivity index (χ3n) is 2.81. The topological polar surface area (TPSA) is 21.1 Å². The van der Waals surface area contributed by atoms with Crippen molar-refractivity contribution >= 4 is 15.9 Å². The zero-order chi connectivity index (χ0) is 12.0. The van der Waals surface area contributed by atoms with Crippen molar-refractivity contribution in [3.63, 3.8) is 0 Å². The molecule has 0 amide bonds. The van der Waals surface area contributed by atoms with Crippen LogP contribution in [0, 0.1) is 0 Å². The fraction of sp³-hybridized carbons (Fsp3) is 0.750. The molecule has 0 aliphatic heterocycles. The van der Waals surface area contributed by atoms with Gasteiger partial charge in [-0.2, -0.15) is 5.10 Å². The molecule has 1 aromatic rings. The summed E-state index contributed by atoms with van der Waals surface area (Å²) in [6.07, 6.45) is 1.02. The minimum atomic E-state index is 0.960. The molecule has 0 aliphatic rings. The van der Waals surface area contributed by atoms with Crippen LogP contribution in [-0.4, -0.2) is 33.1 Å². The molecule has 1 aromatic heterocycles. The Morgan fingerprint density at radius 3 is 2.62 bits per heavy atom. The molecule has 0 spiro atoms.